The highest BCUT2D eigenvalue weighted by Crippen LogP contribution is 1.87. The van der Waals surface area contributed by atoms with Crippen molar-refractivity contribution in [2.75, 3.05) is 100 Å². The molecule has 0 saturated heterocycles. The summed E-state index contributed by atoms with van der Waals surface area (Å²) < 4.78 is 19.9. The summed E-state index contributed by atoms with van der Waals surface area (Å²) in [5, 5.41) is 0. The van der Waals surface area contributed by atoms with Crippen LogP contribution in [0.3, 0.4) is 0 Å². The van der Waals surface area contributed by atoms with Crippen molar-refractivity contribution in [3.05, 3.63) is 0 Å². The number of likely N-dealkylation sites (N-methyl/N-ethyl adjacent to an activating group) is 1. The number of ether oxygens (including phenoxy) is 4. The van der Waals surface area contributed by atoms with E-state index in [2.05, 4.69) is 46.0 Å². The van der Waals surface area contributed by atoms with Gasteiger partial charge in [-0.1, -0.05) is 13.8 Å². The Labute approximate surface area is 194 Å². The molecule has 0 rings (SSSR count). The molecule has 5 nitrogen and oxygen atoms in total. The number of hydrogen-bond donors (Lipinski definition) is 0. The molecule has 0 spiro atoms. The minimum atomic E-state index is 0.384. The van der Waals surface area contributed by atoms with E-state index in [1.54, 1.807) is 40.2 Å². The molecule has 0 radical (unpaired) electrons. The average molecular weight is 465 g/mol. The molecule has 0 unspecified atom stereocenters. The topological polar surface area (TPSA) is 36.9 Å². The van der Waals surface area contributed by atoms with E-state index in [0.717, 1.165) is 37.3 Å². The Hall–Kier alpha value is 0.500. The highest BCUT2D eigenvalue weighted by atomic mass is 32.2. The Bertz CT molecular complexity index is 196. The first-order valence-corrected chi connectivity index (χ1v) is 13.2. The van der Waals surface area contributed by atoms with Gasteiger partial charge in [0.1, 0.15) is 6.54 Å². The van der Waals surface area contributed by atoms with E-state index in [1.165, 1.54) is 5.75 Å². The van der Waals surface area contributed by atoms with E-state index in [9.17, 15) is 0 Å². The Balaban J connectivity index is -0.0000000566. The second kappa shape index (κ2) is 46.6. The number of methoxy groups -OCH3 is 4. The van der Waals surface area contributed by atoms with Gasteiger partial charge in [-0.25, -0.2) is 0 Å². The van der Waals surface area contributed by atoms with Crippen LogP contribution in [0.15, 0.2) is 0 Å². The van der Waals surface area contributed by atoms with Crippen LogP contribution in [0.1, 0.15) is 41.0 Å². The maximum Gasteiger partial charge on any atom is 0.102 e. The number of rotatable bonds is 8. The van der Waals surface area contributed by atoms with Gasteiger partial charge in [0, 0.05) is 41.7 Å². The van der Waals surface area contributed by atoms with Gasteiger partial charge in [-0.15, -0.1) is 0 Å². The van der Waals surface area contributed by atoms with Crippen molar-refractivity contribution in [2.24, 2.45) is 0 Å². The van der Waals surface area contributed by atoms with E-state index >= 15 is 0 Å². The molecule has 0 atom stereocenters. The first-order chi connectivity index (χ1) is 13.5. The highest BCUT2D eigenvalue weighted by molar-refractivity contribution is 7.98. The summed E-state index contributed by atoms with van der Waals surface area (Å²) in [4.78, 5) is 0. The Morgan fingerprint density at radius 1 is 0.759 bits per heavy atom. The predicted octanol–water partition coefficient (Wildman–Crippen LogP) is 5.42. The standard InChI is InChI=1S/C6H16NO.2C4H10O.C3H8O.C3H8S.C2H6S/c1-7(2,3)5-6-8-4;1-4(2)5-3;1-3-4-5-2;2*1-3-4-2;1-3-2/h5-6H2,1-4H3;4H,1-3H3;3-4H2,1-2H3;2*3H2,1-2H3;1-2H3/q+1;;;;;. The number of thioether (sulfide) groups is 2. The molecular formula is C22H58NO4S2+. The van der Waals surface area contributed by atoms with Crippen molar-refractivity contribution < 1.29 is 23.4 Å². The fourth-order valence-corrected chi connectivity index (χ4v) is 0.569. The molecule has 0 aromatic carbocycles. The van der Waals surface area contributed by atoms with Crippen molar-refractivity contribution in [3.8, 4) is 0 Å². The normalized spacial score (nSPS) is 9.10. The molecule has 0 fully saturated rings. The van der Waals surface area contributed by atoms with Gasteiger partial charge in [0.2, 0.25) is 0 Å². The van der Waals surface area contributed by atoms with E-state index < -0.39 is 0 Å². The summed E-state index contributed by atoms with van der Waals surface area (Å²) >= 11 is 3.61. The molecule has 0 aromatic heterocycles. The van der Waals surface area contributed by atoms with Crippen molar-refractivity contribution >= 4 is 23.5 Å². The molecule has 0 aliphatic carbocycles. The van der Waals surface area contributed by atoms with Crippen LogP contribution in [-0.2, 0) is 18.9 Å². The zero-order chi connectivity index (χ0) is 24.6. The monoisotopic (exact) mass is 464 g/mol. The van der Waals surface area contributed by atoms with Gasteiger partial charge in [-0.3, -0.25) is 0 Å². The van der Waals surface area contributed by atoms with Gasteiger partial charge >= 0.3 is 0 Å². The smallest absolute Gasteiger partial charge is 0.102 e. The summed E-state index contributed by atoms with van der Waals surface area (Å²) in [6.07, 6.45) is 7.69. The predicted molar refractivity (Wildman–Crippen MR) is 140 cm³/mol. The maximum atomic E-state index is 4.90. The summed E-state index contributed by atoms with van der Waals surface area (Å²) in [6.45, 7) is 13.8. The van der Waals surface area contributed by atoms with E-state index in [0.29, 0.717) is 6.10 Å². The minimum Gasteiger partial charge on any atom is -0.385 e. The average Bonchev–Trinajstić information content (AvgIpc) is 2.68. The zero-order valence-corrected chi connectivity index (χ0v) is 24.3. The third kappa shape index (κ3) is 151. The maximum absolute atomic E-state index is 4.90. The minimum absolute atomic E-state index is 0.384. The lowest BCUT2D eigenvalue weighted by Crippen LogP contribution is -2.37. The molecule has 0 saturated carbocycles. The number of nitrogens with zero attached hydrogens (tertiary/aromatic N) is 1. The molecule has 0 aromatic rings. The van der Waals surface area contributed by atoms with Crippen LogP contribution < -0.4 is 0 Å². The molecule has 29 heavy (non-hydrogen) atoms. The first kappa shape index (κ1) is 43.4. The lowest BCUT2D eigenvalue weighted by atomic mass is 10.5. The quantitative estimate of drug-likeness (QED) is 0.446. The summed E-state index contributed by atoms with van der Waals surface area (Å²) in [6, 6.07) is 0. The summed E-state index contributed by atoms with van der Waals surface area (Å²) in [5.41, 5.74) is 0. The van der Waals surface area contributed by atoms with Crippen molar-refractivity contribution in [2.45, 2.75) is 47.1 Å². The summed E-state index contributed by atoms with van der Waals surface area (Å²) in [7, 11) is 13.3. The molecule has 0 aliphatic rings. The van der Waals surface area contributed by atoms with Crippen LogP contribution in [0.4, 0.5) is 0 Å². The zero-order valence-electron chi connectivity index (χ0n) is 22.7. The van der Waals surface area contributed by atoms with Gasteiger partial charge in [0.25, 0.3) is 0 Å². The fourth-order valence-electron chi connectivity index (χ4n) is 0.569. The van der Waals surface area contributed by atoms with Crippen LogP contribution in [0.25, 0.3) is 0 Å². The lowest BCUT2D eigenvalue weighted by Gasteiger charge is -2.22. The second-order valence-electron chi connectivity index (χ2n) is 6.85. The van der Waals surface area contributed by atoms with E-state index in [4.69, 9.17) is 14.2 Å². The highest BCUT2D eigenvalue weighted by Gasteiger charge is 2.03. The third-order valence-electron chi connectivity index (χ3n) is 2.42. The number of quaternary nitrogens is 1. The summed E-state index contributed by atoms with van der Waals surface area (Å²) in [5.74, 6) is 1.24. The van der Waals surface area contributed by atoms with Crippen LogP contribution in [0.5, 0.6) is 0 Å². The van der Waals surface area contributed by atoms with Crippen LogP contribution in [0.2, 0.25) is 0 Å². The first-order valence-electron chi connectivity index (χ1n) is 10.2. The molecule has 0 amide bonds. The van der Waals surface area contributed by atoms with Crippen molar-refractivity contribution in [3.63, 3.8) is 0 Å². The number of hydrogen-bond acceptors (Lipinski definition) is 6. The largest absolute Gasteiger partial charge is 0.385 e. The molecule has 0 heterocycles. The third-order valence-corrected chi connectivity index (χ3v) is 3.00. The fraction of sp³-hybridized carbons (Fsp3) is 1.00. The van der Waals surface area contributed by atoms with Gasteiger partial charge in [-0.05, 0) is 51.7 Å². The molecule has 0 aliphatic heterocycles. The van der Waals surface area contributed by atoms with Crippen LogP contribution in [0, 0.1) is 0 Å². The van der Waals surface area contributed by atoms with E-state index in [1.807, 2.05) is 45.0 Å². The SMILES string of the molecule is CCCOC.CCOC.CCSC.COC(C)C.COCC[N+](C)(C)C.CSC. The molecule has 186 valence electrons. The van der Waals surface area contributed by atoms with Gasteiger partial charge in [0.05, 0.1) is 33.9 Å². The Morgan fingerprint density at radius 2 is 1.07 bits per heavy atom. The molecular weight excluding hydrogens is 406 g/mol. The lowest BCUT2D eigenvalue weighted by molar-refractivity contribution is -0.870. The van der Waals surface area contributed by atoms with Crippen LogP contribution >= 0.6 is 23.5 Å². The van der Waals surface area contributed by atoms with Crippen molar-refractivity contribution in [1.82, 2.24) is 0 Å². The van der Waals surface area contributed by atoms with E-state index in [-0.39, 0.29) is 0 Å². The molecule has 0 bridgehead atoms. The molecule has 7 heteroatoms. The molecule has 0 N–H and O–H groups in total. The Morgan fingerprint density at radius 3 is 1.10 bits per heavy atom. The van der Waals surface area contributed by atoms with Gasteiger partial charge in [0.15, 0.2) is 0 Å². The van der Waals surface area contributed by atoms with Crippen molar-refractivity contribution in [1.29, 1.82) is 0 Å². The van der Waals surface area contributed by atoms with Gasteiger partial charge < -0.3 is 23.4 Å². The Kier molecular flexibility index (Phi) is 69.8. The van der Waals surface area contributed by atoms with Gasteiger partial charge in [-0.2, -0.15) is 23.5 Å². The van der Waals surface area contributed by atoms with Crippen LogP contribution in [-0.4, -0.2) is 111 Å². The second-order valence-corrected chi connectivity index (χ2v) is 8.82.